The minimum absolute atomic E-state index is 0.0973. The monoisotopic (exact) mass is 484 g/mol. The summed E-state index contributed by atoms with van der Waals surface area (Å²) in [5, 5.41) is 0. The standard InChI is InChI=1S/C32H36O4/c1-21(2)19-23-5-7-24(8-6-23)22(3)32(34)36-29-16-9-25(10-17-29)27-13-18-31(33)30(20-27)26-11-14-28(35-4)15-12-26/h5-12,14-17,21-22,27,30H,13,18-20H2,1-4H3. The van der Waals surface area contributed by atoms with Gasteiger partial charge >= 0.3 is 5.97 Å². The molecule has 1 aliphatic rings. The van der Waals surface area contributed by atoms with Crippen LogP contribution in [-0.2, 0) is 16.0 Å². The van der Waals surface area contributed by atoms with Crippen LogP contribution in [0.15, 0.2) is 72.8 Å². The molecule has 4 nitrogen and oxygen atoms in total. The van der Waals surface area contributed by atoms with Gasteiger partial charge in [0.2, 0.25) is 0 Å². The first kappa shape index (κ1) is 25.7. The van der Waals surface area contributed by atoms with Gasteiger partial charge in [-0.15, -0.1) is 0 Å². The van der Waals surface area contributed by atoms with Gasteiger partial charge in [-0.1, -0.05) is 62.4 Å². The van der Waals surface area contributed by atoms with Crippen molar-refractivity contribution in [3.63, 3.8) is 0 Å². The zero-order valence-electron chi connectivity index (χ0n) is 21.7. The van der Waals surface area contributed by atoms with Crippen molar-refractivity contribution in [2.24, 2.45) is 5.92 Å². The summed E-state index contributed by atoms with van der Waals surface area (Å²) in [6, 6.07) is 23.8. The highest BCUT2D eigenvalue weighted by Gasteiger charge is 2.30. The number of carbonyl (C=O) groups excluding carboxylic acids is 2. The third-order valence-electron chi connectivity index (χ3n) is 7.21. The SMILES string of the molecule is COc1ccc(C2CC(c3ccc(OC(=O)C(C)c4ccc(CC(C)C)cc4)cc3)CCC2=O)cc1. The Morgan fingerprint density at radius 1 is 0.861 bits per heavy atom. The van der Waals surface area contributed by atoms with Crippen LogP contribution in [0.1, 0.15) is 80.0 Å². The van der Waals surface area contributed by atoms with E-state index in [1.54, 1.807) is 7.11 Å². The summed E-state index contributed by atoms with van der Waals surface area (Å²) < 4.78 is 10.9. The molecule has 3 aromatic carbocycles. The van der Waals surface area contributed by atoms with Crippen LogP contribution >= 0.6 is 0 Å². The third kappa shape index (κ3) is 6.23. The Morgan fingerprint density at radius 2 is 1.47 bits per heavy atom. The molecule has 1 aliphatic carbocycles. The zero-order valence-corrected chi connectivity index (χ0v) is 21.7. The van der Waals surface area contributed by atoms with E-state index < -0.39 is 0 Å². The molecule has 4 rings (SSSR count). The molecule has 1 saturated carbocycles. The number of esters is 1. The van der Waals surface area contributed by atoms with E-state index in [4.69, 9.17) is 9.47 Å². The van der Waals surface area contributed by atoms with Gasteiger partial charge in [-0.3, -0.25) is 9.59 Å². The molecule has 0 radical (unpaired) electrons. The predicted octanol–water partition coefficient (Wildman–Crippen LogP) is 7.22. The van der Waals surface area contributed by atoms with Gasteiger partial charge in [-0.05, 0) is 84.5 Å². The molecule has 188 valence electrons. The fraction of sp³-hybridized carbons (Fsp3) is 0.375. The van der Waals surface area contributed by atoms with E-state index in [9.17, 15) is 9.59 Å². The molecule has 3 atom stereocenters. The maximum atomic E-state index is 12.8. The Hall–Kier alpha value is -3.40. The van der Waals surface area contributed by atoms with Crippen molar-refractivity contribution in [1.82, 2.24) is 0 Å². The second-order valence-electron chi connectivity index (χ2n) is 10.3. The summed E-state index contributed by atoms with van der Waals surface area (Å²) in [6.45, 7) is 6.28. The van der Waals surface area contributed by atoms with Crippen molar-refractivity contribution < 1.29 is 19.1 Å². The van der Waals surface area contributed by atoms with Crippen LogP contribution in [0.5, 0.6) is 11.5 Å². The third-order valence-corrected chi connectivity index (χ3v) is 7.21. The Kier molecular flexibility index (Phi) is 8.25. The van der Waals surface area contributed by atoms with Gasteiger partial charge in [-0.25, -0.2) is 0 Å². The lowest BCUT2D eigenvalue weighted by Gasteiger charge is -2.29. The number of methoxy groups -OCH3 is 1. The number of carbonyl (C=O) groups is 2. The smallest absolute Gasteiger partial charge is 0.318 e. The largest absolute Gasteiger partial charge is 0.497 e. The van der Waals surface area contributed by atoms with Gasteiger partial charge in [0.15, 0.2) is 0 Å². The molecule has 1 fully saturated rings. The molecule has 4 heteroatoms. The fourth-order valence-corrected chi connectivity index (χ4v) is 5.05. The van der Waals surface area contributed by atoms with E-state index in [1.807, 2.05) is 67.6 Å². The van der Waals surface area contributed by atoms with E-state index in [2.05, 4.69) is 26.0 Å². The van der Waals surface area contributed by atoms with Crippen molar-refractivity contribution in [3.8, 4) is 11.5 Å². The Bertz CT molecular complexity index is 1160. The molecular formula is C32H36O4. The quantitative estimate of drug-likeness (QED) is 0.250. The molecule has 0 N–H and O–H groups in total. The summed E-state index contributed by atoms with van der Waals surface area (Å²) in [6.07, 6.45) is 3.23. The van der Waals surface area contributed by atoms with E-state index >= 15 is 0 Å². The van der Waals surface area contributed by atoms with Gasteiger partial charge in [0.1, 0.15) is 17.3 Å². The maximum Gasteiger partial charge on any atom is 0.318 e. The van der Waals surface area contributed by atoms with Gasteiger partial charge in [0.05, 0.1) is 13.0 Å². The topological polar surface area (TPSA) is 52.6 Å². The highest BCUT2D eigenvalue weighted by Crippen LogP contribution is 2.40. The Morgan fingerprint density at radius 3 is 2.08 bits per heavy atom. The molecule has 0 bridgehead atoms. The summed E-state index contributed by atoms with van der Waals surface area (Å²) >= 11 is 0. The number of hydrogen-bond donors (Lipinski definition) is 0. The first-order valence-electron chi connectivity index (χ1n) is 12.9. The minimum Gasteiger partial charge on any atom is -0.497 e. The first-order valence-corrected chi connectivity index (χ1v) is 12.9. The molecule has 3 unspecified atom stereocenters. The molecule has 0 spiro atoms. The van der Waals surface area contributed by atoms with Crippen LogP contribution in [0, 0.1) is 5.92 Å². The van der Waals surface area contributed by atoms with Crippen LogP contribution in [0.25, 0.3) is 0 Å². The lowest BCUT2D eigenvalue weighted by Crippen LogP contribution is -2.22. The van der Waals surface area contributed by atoms with E-state index in [-0.39, 0.29) is 17.8 Å². The zero-order chi connectivity index (χ0) is 25.7. The van der Waals surface area contributed by atoms with Crippen LogP contribution < -0.4 is 9.47 Å². The molecule has 36 heavy (non-hydrogen) atoms. The van der Waals surface area contributed by atoms with Gasteiger partial charge in [-0.2, -0.15) is 0 Å². The number of Topliss-reactive ketones (excluding diaryl/α,β-unsaturated/α-hetero) is 1. The number of rotatable bonds is 8. The van der Waals surface area contributed by atoms with Crippen molar-refractivity contribution in [2.45, 2.75) is 64.2 Å². The van der Waals surface area contributed by atoms with Crippen molar-refractivity contribution in [2.75, 3.05) is 7.11 Å². The van der Waals surface area contributed by atoms with E-state index in [0.29, 0.717) is 29.8 Å². The van der Waals surface area contributed by atoms with Crippen molar-refractivity contribution in [1.29, 1.82) is 0 Å². The van der Waals surface area contributed by atoms with E-state index in [0.717, 1.165) is 36.1 Å². The fourth-order valence-electron chi connectivity index (χ4n) is 5.05. The highest BCUT2D eigenvalue weighted by atomic mass is 16.5. The van der Waals surface area contributed by atoms with Crippen molar-refractivity contribution >= 4 is 11.8 Å². The molecule has 3 aromatic rings. The lowest BCUT2D eigenvalue weighted by molar-refractivity contribution is -0.135. The van der Waals surface area contributed by atoms with Crippen LogP contribution in [0.4, 0.5) is 0 Å². The number of benzene rings is 3. The number of ketones is 1. The van der Waals surface area contributed by atoms with Gasteiger partial charge < -0.3 is 9.47 Å². The molecule has 0 amide bonds. The van der Waals surface area contributed by atoms with Gasteiger partial charge in [0, 0.05) is 12.3 Å². The van der Waals surface area contributed by atoms with Crippen LogP contribution in [0.2, 0.25) is 0 Å². The average molecular weight is 485 g/mol. The van der Waals surface area contributed by atoms with Gasteiger partial charge in [0.25, 0.3) is 0 Å². The van der Waals surface area contributed by atoms with E-state index in [1.165, 1.54) is 11.1 Å². The summed E-state index contributed by atoms with van der Waals surface area (Å²) in [5.74, 6) is 1.83. The van der Waals surface area contributed by atoms with Crippen molar-refractivity contribution in [3.05, 3.63) is 95.1 Å². The number of hydrogen-bond acceptors (Lipinski definition) is 4. The molecule has 0 aliphatic heterocycles. The number of ether oxygens (including phenoxy) is 2. The average Bonchev–Trinajstić information content (AvgIpc) is 2.89. The second kappa shape index (κ2) is 11.6. The summed E-state index contributed by atoms with van der Waals surface area (Å²) in [4.78, 5) is 25.4. The maximum absolute atomic E-state index is 12.8. The first-order chi connectivity index (χ1) is 17.3. The minimum atomic E-state index is -0.340. The molecule has 0 saturated heterocycles. The Labute approximate surface area is 214 Å². The van der Waals surface area contributed by atoms with Crippen LogP contribution in [-0.4, -0.2) is 18.9 Å². The molecule has 0 heterocycles. The second-order valence-corrected chi connectivity index (χ2v) is 10.3. The molecular weight excluding hydrogens is 448 g/mol. The van der Waals surface area contributed by atoms with Crippen LogP contribution in [0.3, 0.4) is 0 Å². The lowest BCUT2D eigenvalue weighted by atomic mass is 9.74. The Balaban J connectivity index is 1.37. The predicted molar refractivity (Wildman–Crippen MR) is 143 cm³/mol. The molecule has 0 aromatic heterocycles. The normalized spacial score (nSPS) is 18.6. The highest BCUT2D eigenvalue weighted by molar-refractivity contribution is 5.86. The summed E-state index contributed by atoms with van der Waals surface area (Å²) in [7, 11) is 1.64. The summed E-state index contributed by atoms with van der Waals surface area (Å²) in [5.41, 5.74) is 4.46.